The van der Waals surface area contributed by atoms with Crippen molar-refractivity contribution in [2.24, 2.45) is 0 Å². The minimum atomic E-state index is -1.47. The lowest BCUT2D eigenvalue weighted by atomic mass is 10.4. The number of ether oxygens (including phenoxy) is 2. The number of carbonyl (C=O) groups excluding carboxylic acids is 2. The molecule has 0 aliphatic rings. The van der Waals surface area contributed by atoms with Crippen LogP contribution in [0.25, 0.3) is 0 Å². The second-order valence-corrected chi connectivity index (χ2v) is 9.51. The third kappa shape index (κ3) is 18.3. The van der Waals surface area contributed by atoms with Gasteiger partial charge in [-0.2, -0.15) is 0 Å². The van der Waals surface area contributed by atoms with E-state index in [1.807, 2.05) is 0 Å². The quantitative estimate of drug-likeness (QED) is 0.227. The van der Waals surface area contributed by atoms with Crippen LogP contribution < -0.4 is 0 Å². The molecule has 6 heteroatoms. The average molecular weight is 314 g/mol. The van der Waals surface area contributed by atoms with Gasteiger partial charge in [0.1, 0.15) is 13.2 Å². The van der Waals surface area contributed by atoms with Gasteiger partial charge in [-0.3, -0.25) is 0 Å². The summed E-state index contributed by atoms with van der Waals surface area (Å²) in [7, 11) is -1.47. The Morgan fingerprint density at radius 3 is 2.05 bits per heavy atom. The highest BCUT2D eigenvalue weighted by Gasteiger charge is 2.13. The SMILES string of the molecule is C=C(C)C(=O)OCCO[Si](C)(C)C.C=CCOC(=O)C=C. The van der Waals surface area contributed by atoms with E-state index in [-0.39, 0.29) is 12.6 Å². The molecule has 0 saturated heterocycles. The summed E-state index contributed by atoms with van der Waals surface area (Å²) in [6.45, 7) is 19.0. The molecule has 0 radical (unpaired) electrons. The van der Waals surface area contributed by atoms with Gasteiger partial charge in [0, 0.05) is 11.6 Å². The normalized spacial score (nSPS) is 9.71. The Kier molecular flexibility index (Phi) is 12.5. The molecule has 120 valence electrons. The highest BCUT2D eigenvalue weighted by molar-refractivity contribution is 6.69. The molecule has 0 amide bonds. The molecule has 0 N–H and O–H groups in total. The molecule has 0 aliphatic heterocycles. The van der Waals surface area contributed by atoms with Crippen molar-refractivity contribution in [3.63, 3.8) is 0 Å². The summed E-state index contributed by atoms with van der Waals surface area (Å²) in [6, 6.07) is 0. The van der Waals surface area contributed by atoms with Crippen LogP contribution in [0.3, 0.4) is 0 Å². The first kappa shape index (κ1) is 21.6. The van der Waals surface area contributed by atoms with Gasteiger partial charge in [0.2, 0.25) is 0 Å². The number of esters is 2. The van der Waals surface area contributed by atoms with Crippen molar-refractivity contribution in [2.75, 3.05) is 19.8 Å². The van der Waals surface area contributed by atoms with E-state index < -0.39 is 14.3 Å². The molecule has 0 bridgehead atoms. The maximum absolute atomic E-state index is 10.9. The van der Waals surface area contributed by atoms with Gasteiger partial charge in [0.05, 0.1) is 6.61 Å². The second-order valence-electron chi connectivity index (χ2n) is 5.00. The Labute approximate surface area is 128 Å². The van der Waals surface area contributed by atoms with Crippen molar-refractivity contribution in [2.45, 2.75) is 26.6 Å². The zero-order chi connectivity index (χ0) is 16.9. The van der Waals surface area contributed by atoms with Crippen LogP contribution in [-0.4, -0.2) is 40.1 Å². The van der Waals surface area contributed by atoms with Gasteiger partial charge in [0.25, 0.3) is 0 Å². The Morgan fingerprint density at radius 1 is 1.10 bits per heavy atom. The van der Waals surface area contributed by atoms with Gasteiger partial charge in [-0.25, -0.2) is 9.59 Å². The van der Waals surface area contributed by atoms with E-state index in [2.05, 4.69) is 44.1 Å². The lowest BCUT2D eigenvalue weighted by molar-refractivity contribution is -0.139. The van der Waals surface area contributed by atoms with Crippen molar-refractivity contribution in [1.82, 2.24) is 0 Å². The molecule has 0 atom stereocenters. The van der Waals surface area contributed by atoms with Crippen LogP contribution in [0.15, 0.2) is 37.5 Å². The fraction of sp³-hybridized carbons (Fsp3) is 0.467. The Morgan fingerprint density at radius 2 is 1.67 bits per heavy atom. The molecule has 0 aliphatic carbocycles. The Bertz CT molecular complexity index is 369. The first-order valence-electron chi connectivity index (χ1n) is 6.50. The van der Waals surface area contributed by atoms with E-state index in [9.17, 15) is 9.59 Å². The van der Waals surface area contributed by atoms with E-state index in [1.165, 1.54) is 6.08 Å². The summed E-state index contributed by atoms with van der Waals surface area (Å²) in [5, 5.41) is 0. The molecular weight excluding hydrogens is 288 g/mol. The zero-order valence-corrected chi connectivity index (χ0v) is 14.4. The van der Waals surface area contributed by atoms with Crippen molar-refractivity contribution in [3.05, 3.63) is 37.5 Å². The Balaban J connectivity index is 0. The van der Waals surface area contributed by atoms with Gasteiger partial charge in [0.15, 0.2) is 8.32 Å². The summed E-state index contributed by atoms with van der Waals surface area (Å²) in [5.41, 5.74) is 0.424. The van der Waals surface area contributed by atoms with E-state index in [4.69, 9.17) is 9.16 Å². The van der Waals surface area contributed by atoms with Crippen LogP contribution >= 0.6 is 0 Å². The summed E-state index contributed by atoms with van der Waals surface area (Å²) < 4.78 is 14.8. The predicted molar refractivity (Wildman–Crippen MR) is 86.4 cm³/mol. The molecule has 0 aromatic carbocycles. The molecule has 0 spiro atoms. The molecule has 0 rings (SSSR count). The minimum absolute atomic E-state index is 0.255. The molecule has 0 unspecified atom stereocenters. The van der Waals surface area contributed by atoms with Gasteiger partial charge in [-0.1, -0.05) is 25.8 Å². The van der Waals surface area contributed by atoms with Crippen molar-refractivity contribution in [1.29, 1.82) is 0 Å². The lowest BCUT2D eigenvalue weighted by Crippen LogP contribution is -2.27. The topological polar surface area (TPSA) is 61.8 Å². The molecule has 0 aromatic heterocycles. The van der Waals surface area contributed by atoms with Crippen LogP contribution in [0.5, 0.6) is 0 Å². The van der Waals surface area contributed by atoms with Gasteiger partial charge in [-0.15, -0.1) is 0 Å². The highest BCUT2D eigenvalue weighted by atomic mass is 28.4. The fourth-order valence-corrected chi connectivity index (χ4v) is 1.50. The van der Waals surface area contributed by atoms with E-state index in [0.29, 0.717) is 18.8 Å². The van der Waals surface area contributed by atoms with Gasteiger partial charge < -0.3 is 13.9 Å². The standard InChI is InChI=1S/C9H18O3Si.C6H8O2/c1-8(2)9(10)11-6-7-12-13(3,4)5;1-3-5-8-6(7)4-2/h1,6-7H2,2-5H3;3-4H,1-2,5H2. The molecular formula is C15H26O5Si. The lowest BCUT2D eigenvalue weighted by Gasteiger charge is -2.16. The summed E-state index contributed by atoms with van der Waals surface area (Å²) >= 11 is 0. The predicted octanol–water partition coefficient (Wildman–Crippen LogP) is 2.86. The monoisotopic (exact) mass is 314 g/mol. The van der Waals surface area contributed by atoms with Crippen LogP contribution in [0.4, 0.5) is 0 Å². The summed E-state index contributed by atoms with van der Waals surface area (Å²) in [5.74, 6) is -0.760. The van der Waals surface area contributed by atoms with Crippen LogP contribution in [-0.2, 0) is 23.5 Å². The fourth-order valence-electron chi connectivity index (χ4n) is 0.805. The third-order valence-electron chi connectivity index (χ3n) is 1.71. The number of carbonyl (C=O) groups is 2. The van der Waals surface area contributed by atoms with Gasteiger partial charge >= 0.3 is 11.9 Å². The third-order valence-corrected chi connectivity index (χ3v) is 2.78. The first-order valence-corrected chi connectivity index (χ1v) is 9.91. The largest absolute Gasteiger partial charge is 0.460 e. The molecule has 21 heavy (non-hydrogen) atoms. The molecule has 0 heterocycles. The first-order chi connectivity index (χ1) is 9.64. The molecule has 0 saturated carbocycles. The highest BCUT2D eigenvalue weighted by Crippen LogP contribution is 2.01. The number of hydrogen-bond donors (Lipinski definition) is 0. The van der Waals surface area contributed by atoms with Crippen molar-refractivity contribution < 1.29 is 23.5 Å². The van der Waals surface area contributed by atoms with Crippen LogP contribution in [0.2, 0.25) is 19.6 Å². The number of rotatable bonds is 8. The molecule has 0 fully saturated rings. The Hall–Kier alpha value is -1.66. The summed E-state index contributed by atoms with van der Waals surface area (Å²) in [4.78, 5) is 21.1. The van der Waals surface area contributed by atoms with Crippen molar-refractivity contribution >= 4 is 20.3 Å². The average Bonchev–Trinajstić information content (AvgIpc) is 2.40. The number of hydrogen-bond acceptors (Lipinski definition) is 5. The second kappa shape index (κ2) is 12.1. The molecule has 5 nitrogen and oxygen atoms in total. The van der Waals surface area contributed by atoms with E-state index in [0.717, 1.165) is 6.08 Å². The maximum Gasteiger partial charge on any atom is 0.333 e. The van der Waals surface area contributed by atoms with Gasteiger partial charge in [-0.05, 0) is 26.6 Å². The molecule has 0 aromatic rings. The smallest absolute Gasteiger partial charge is 0.333 e. The van der Waals surface area contributed by atoms with E-state index >= 15 is 0 Å². The van der Waals surface area contributed by atoms with Crippen LogP contribution in [0.1, 0.15) is 6.92 Å². The van der Waals surface area contributed by atoms with Crippen molar-refractivity contribution in [3.8, 4) is 0 Å². The minimum Gasteiger partial charge on any atom is -0.460 e. The zero-order valence-electron chi connectivity index (χ0n) is 13.4. The van der Waals surface area contributed by atoms with Crippen LogP contribution in [0, 0.1) is 0 Å². The maximum atomic E-state index is 10.9. The van der Waals surface area contributed by atoms with E-state index in [1.54, 1.807) is 6.92 Å². The summed E-state index contributed by atoms with van der Waals surface area (Å²) in [6.07, 6.45) is 2.62.